The number of hydrogen-bond acceptors (Lipinski definition) is 4. The monoisotopic (exact) mass is 410 g/mol. The molecule has 0 fully saturated rings. The van der Waals surface area contributed by atoms with Gasteiger partial charge in [-0.1, -0.05) is 48.5 Å². The highest BCUT2D eigenvalue weighted by molar-refractivity contribution is 7.89. The van der Waals surface area contributed by atoms with Crippen LogP contribution in [0.4, 0.5) is 0 Å². The second-order valence-corrected chi connectivity index (χ2v) is 8.61. The Bertz CT molecular complexity index is 1100. The van der Waals surface area contributed by atoms with Crippen molar-refractivity contribution in [3.8, 4) is 11.5 Å². The third-order valence-electron chi connectivity index (χ3n) is 4.27. The predicted molar refractivity (Wildman–Crippen MR) is 111 cm³/mol. The molecule has 0 unspecified atom stereocenters. The van der Waals surface area contributed by atoms with Crippen molar-refractivity contribution >= 4 is 15.9 Å². The molecular formula is C22H22N2O4S. The van der Waals surface area contributed by atoms with Gasteiger partial charge in [0.25, 0.3) is 5.91 Å². The molecule has 0 spiro atoms. The van der Waals surface area contributed by atoms with Crippen LogP contribution in [0.5, 0.6) is 11.5 Å². The number of nitrogens with zero attached hydrogens (tertiary/aromatic N) is 1. The van der Waals surface area contributed by atoms with Gasteiger partial charge in [0.15, 0.2) is 0 Å². The van der Waals surface area contributed by atoms with Gasteiger partial charge in [-0.3, -0.25) is 4.79 Å². The van der Waals surface area contributed by atoms with E-state index in [4.69, 9.17) is 4.74 Å². The fourth-order valence-electron chi connectivity index (χ4n) is 2.73. The lowest BCUT2D eigenvalue weighted by Gasteiger charge is -2.16. The van der Waals surface area contributed by atoms with Crippen LogP contribution in [0.15, 0.2) is 83.8 Å². The van der Waals surface area contributed by atoms with Crippen molar-refractivity contribution in [3.63, 3.8) is 0 Å². The molecule has 150 valence electrons. The molecule has 0 aliphatic carbocycles. The van der Waals surface area contributed by atoms with Crippen molar-refractivity contribution in [2.24, 2.45) is 0 Å². The Balaban J connectivity index is 1.80. The smallest absolute Gasteiger partial charge is 0.255 e. The molecule has 3 aromatic rings. The summed E-state index contributed by atoms with van der Waals surface area (Å²) in [7, 11) is -0.663. The molecule has 0 radical (unpaired) electrons. The number of nitrogens with one attached hydrogen (secondary N) is 1. The van der Waals surface area contributed by atoms with Crippen molar-refractivity contribution in [1.29, 1.82) is 0 Å². The van der Waals surface area contributed by atoms with E-state index in [0.717, 1.165) is 4.31 Å². The summed E-state index contributed by atoms with van der Waals surface area (Å²) in [6.45, 7) is 0.0712. The summed E-state index contributed by atoms with van der Waals surface area (Å²) < 4.78 is 32.0. The maximum absolute atomic E-state index is 12.8. The van der Waals surface area contributed by atoms with Crippen LogP contribution in [0.25, 0.3) is 0 Å². The fraction of sp³-hybridized carbons (Fsp3) is 0.136. The van der Waals surface area contributed by atoms with E-state index in [0.29, 0.717) is 22.6 Å². The van der Waals surface area contributed by atoms with Gasteiger partial charge in [-0.15, -0.1) is 0 Å². The van der Waals surface area contributed by atoms with E-state index < -0.39 is 10.0 Å². The zero-order valence-corrected chi connectivity index (χ0v) is 17.0. The van der Waals surface area contributed by atoms with Crippen LogP contribution < -0.4 is 10.1 Å². The average Bonchev–Trinajstić information content (AvgIpc) is 2.73. The minimum Gasteiger partial charge on any atom is -0.457 e. The Morgan fingerprint density at radius 1 is 0.897 bits per heavy atom. The van der Waals surface area contributed by atoms with Gasteiger partial charge >= 0.3 is 0 Å². The first-order valence-electron chi connectivity index (χ1n) is 9.00. The largest absolute Gasteiger partial charge is 0.457 e. The van der Waals surface area contributed by atoms with Crippen molar-refractivity contribution in [2.75, 3.05) is 14.1 Å². The van der Waals surface area contributed by atoms with E-state index in [1.165, 1.54) is 20.2 Å². The molecule has 6 nitrogen and oxygen atoms in total. The molecule has 0 aromatic heterocycles. The zero-order valence-electron chi connectivity index (χ0n) is 16.2. The molecule has 0 aliphatic heterocycles. The fourth-order valence-corrected chi connectivity index (χ4v) is 3.84. The van der Waals surface area contributed by atoms with Gasteiger partial charge in [-0.2, -0.15) is 0 Å². The van der Waals surface area contributed by atoms with Crippen LogP contribution in [0.3, 0.4) is 0 Å². The van der Waals surface area contributed by atoms with Crippen molar-refractivity contribution < 1.29 is 17.9 Å². The minimum absolute atomic E-state index is 0.0712. The maximum atomic E-state index is 12.8. The molecule has 1 amide bonds. The molecule has 0 heterocycles. The van der Waals surface area contributed by atoms with E-state index in [1.807, 2.05) is 18.2 Å². The van der Waals surface area contributed by atoms with Gasteiger partial charge in [0.05, 0.1) is 10.5 Å². The second kappa shape index (κ2) is 8.89. The van der Waals surface area contributed by atoms with E-state index in [1.54, 1.807) is 54.6 Å². The number of carbonyl (C=O) groups is 1. The molecule has 0 saturated carbocycles. The molecular weight excluding hydrogens is 388 g/mol. The summed E-state index contributed by atoms with van der Waals surface area (Å²) in [6.07, 6.45) is 0. The van der Waals surface area contributed by atoms with E-state index in [-0.39, 0.29) is 17.3 Å². The summed E-state index contributed by atoms with van der Waals surface area (Å²) in [5.74, 6) is 0.689. The SMILES string of the molecule is CN(C)S(=O)(=O)c1ccccc1CNC(=O)c1ccccc1Oc1ccccc1. The number of hydrogen-bond donors (Lipinski definition) is 1. The van der Waals surface area contributed by atoms with Crippen LogP contribution in [0, 0.1) is 0 Å². The van der Waals surface area contributed by atoms with Gasteiger partial charge in [-0.05, 0) is 35.9 Å². The van der Waals surface area contributed by atoms with Crippen molar-refractivity contribution in [1.82, 2.24) is 9.62 Å². The number of amides is 1. The number of para-hydroxylation sites is 2. The molecule has 0 saturated heterocycles. The van der Waals surface area contributed by atoms with E-state index in [9.17, 15) is 13.2 Å². The lowest BCUT2D eigenvalue weighted by Crippen LogP contribution is -2.27. The average molecular weight is 410 g/mol. The highest BCUT2D eigenvalue weighted by Crippen LogP contribution is 2.25. The van der Waals surface area contributed by atoms with Gasteiger partial charge in [0, 0.05) is 20.6 Å². The summed E-state index contributed by atoms with van der Waals surface area (Å²) >= 11 is 0. The zero-order chi connectivity index (χ0) is 20.9. The Kier molecular flexibility index (Phi) is 6.31. The standard InChI is InChI=1S/C22H22N2O4S/c1-24(2)29(26,27)21-15-9-6-10-17(21)16-23-22(25)19-13-7-8-14-20(19)28-18-11-4-3-5-12-18/h3-15H,16H2,1-2H3,(H,23,25). The summed E-state index contributed by atoms with van der Waals surface area (Å²) in [4.78, 5) is 12.9. The Labute approximate surface area is 170 Å². The van der Waals surface area contributed by atoms with E-state index >= 15 is 0 Å². The summed E-state index contributed by atoms with van der Waals surface area (Å²) in [6, 6.07) is 22.7. The predicted octanol–water partition coefficient (Wildman–Crippen LogP) is 3.66. The lowest BCUT2D eigenvalue weighted by atomic mass is 10.1. The van der Waals surface area contributed by atoms with Gasteiger partial charge in [0.1, 0.15) is 11.5 Å². The number of sulfonamides is 1. The quantitative estimate of drug-likeness (QED) is 0.645. The van der Waals surface area contributed by atoms with Crippen molar-refractivity contribution in [3.05, 3.63) is 90.0 Å². The Morgan fingerprint density at radius 3 is 2.24 bits per heavy atom. The summed E-state index contributed by atoms with van der Waals surface area (Å²) in [5.41, 5.74) is 0.875. The van der Waals surface area contributed by atoms with Crippen LogP contribution in [0.1, 0.15) is 15.9 Å². The number of ether oxygens (including phenoxy) is 1. The third-order valence-corrected chi connectivity index (χ3v) is 6.19. The summed E-state index contributed by atoms with van der Waals surface area (Å²) in [5, 5.41) is 2.79. The normalized spacial score (nSPS) is 11.3. The number of rotatable bonds is 7. The molecule has 0 bridgehead atoms. The van der Waals surface area contributed by atoms with Gasteiger partial charge < -0.3 is 10.1 Å². The first-order chi connectivity index (χ1) is 13.9. The number of carbonyl (C=O) groups excluding carboxylic acids is 1. The molecule has 29 heavy (non-hydrogen) atoms. The maximum Gasteiger partial charge on any atom is 0.255 e. The van der Waals surface area contributed by atoms with Crippen LogP contribution in [-0.2, 0) is 16.6 Å². The lowest BCUT2D eigenvalue weighted by molar-refractivity contribution is 0.0948. The molecule has 3 aromatic carbocycles. The third kappa shape index (κ3) is 4.82. The minimum atomic E-state index is -3.61. The first-order valence-corrected chi connectivity index (χ1v) is 10.4. The topological polar surface area (TPSA) is 75.7 Å². The Morgan fingerprint density at radius 2 is 1.52 bits per heavy atom. The highest BCUT2D eigenvalue weighted by atomic mass is 32.2. The van der Waals surface area contributed by atoms with Crippen molar-refractivity contribution in [2.45, 2.75) is 11.4 Å². The van der Waals surface area contributed by atoms with Crippen LogP contribution in [-0.4, -0.2) is 32.7 Å². The molecule has 0 atom stereocenters. The molecule has 7 heteroatoms. The molecule has 3 rings (SSSR count). The number of benzene rings is 3. The second-order valence-electron chi connectivity index (χ2n) is 6.49. The van der Waals surface area contributed by atoms with E-state index in [2.05, 4.69) is 5.32 Å². The highest BCUT2D eigenvalue weighted by Gasteiger charge is 2.21. The van der Waals surface area contributed by atoms with Crippen LogP contribution in [0.2, 0.25) is 0 Å². The molecule has 1 N–H and O–H groups in total. The van der Waals surface area contributed by atoms with Crippen LogP contribution >= 0.6 is 0 Å². The van der Waals surface area contributed by atoms with Gasteiger partial charge in [-0.25, -0.2) is 12.7 Å². The first kappa shape index (κ1) is 20.6. The molecule has 0 aliphatic rings. The Hall–Kier alpha value is -3.16. The van der Waals surface area contributed by atoms with Gasteiger partial charge in [0.2, 0.25) is 10.0 Å².